The number of nitro groups is 1. The fraction of sp³-hybridized carbons (Fsp3) is 0.500. The molecule has 0 N–H and O–H groups in total. The van der Waals surface area contributed by atoms with Crippen LogP contribution in [0.15, 0.2) is 16.7 Å². The molecule has 0 bridgehead atoms. The second-order valence-electron chi connectivity index (χ2n) is 3.53. The van der Waals surface area contributed by atoms with Crippen molar-refractivity contribution in [3.63, 3.8) is 0 Å². The van der Waals surface area contributed by atoms with E-state index in [1.165, 1.54) is 6.07 Å². The van der Waals surface area contributed by atoms with E-state index >= 15 is 0 Å². The van der Waals surface area contributed by atoms with Gasteiger partial charge in [-0.2, -0.15) is 0 Å². The van der Waals surface area contributed by atoms with E-state index in [4.69, 9.17) is 11.6 Å². The van der Waals surface area contributed by atoms with Crippen molar-refractivity contribution < 1.29 is 4.92 Å². The van der Waals surface area contributed by atoms with E-state index < -0.39 is 4.92 Å². The number of rotatable bonds is 4. The van der Waals surface area contributed by atoms with Crippen molar-refractivity contribution in [2.75, 3.05) is 0 Å². The maximum Gasteiger partial charge on any atom is 0.292 e. The molecule has 2 atom stereocenters. The lowest BCUT2D eigenvalue weighted by Crippen LogP contribution is -2.12. The standard InChI is InChI=1S/C10H12BrClN2O2/c1-3-8(12)6(2)10-9(14(15)16)4-7(11)5-13-10/h4-6,8H,3H2,1-2H3. The lowest BCUT2D eigenvalue weighted by molar-refractivity contribution is -0.386. The zero-order chi connectivity index (χ0) is 12.3. The predicted octanol–water partition coefficient (Wildman–Crippen LogP) is 3.87. The SMILES string of the molecule is CCC(Cl)C(C)c1ncc(Br)cc1[N+](=O)[O-]. The molecule has 0 saturated carbocycles. The number of pyridine rings is 1. The van der Waals surface area contributed by atoms with Crippen LogP contribution in [0.5, 0.6) is 0 Å². The van der Waals surface area contributed by atoms with E-state index in [1.807, 2.05) is 13.8 Å². The summed E-state index contributed by atoms with van der Waals surface area (Å²) in [5.41, 5.74) is 0.455. The lowest BCUT2D eigenvalue weighted by atomic mass is 10.00. The van der Waals surface area contributed by atoms with Crippen molar-refractivity contribution in [3.8, 4) is 0 Å². The second kappa shape index (κ2) is 5.59. The summed E-state index contributed by atoms with van der Waals surface area (Å²) in [6.07, 6.45) is 2.30. The Balaban J connectivity index is 3.17. The van der Waals surface area contributed by atoms with Crippen LogP contribution in [0, 0.1) is 10.1 Å². The Morgan fingerprint density at radius 2 is 2.31 bits per heavy atom. The molecule has 6 heteroatoms. The highest BCUT2D eigenvalue weighted by Gasteiger charge is 2.25. The van der Waals surface area contributed by atoms with E-state index in [0.29, 0.717) is 10.2 Å². The Kier molecular flexibility index (Phi) is 4.68. The monoisotopic (exact) mass is 306 g/mol. The van der Waals surface area contributed by atoms with Crippen LogP contribution in [-0.2, 0) is 0 Å². The van der Waals surface area contributed by atoms with E-state index in [9.17, 15) is 10.1 Å². The largest absolute Gasteiger partial charge is 0.292 e. The summed E-state index contributed by atoms with van der Waals surface area (Å²) in [5, 5.41) is 10.7. The molecule has 0 fully saturated rings. The van der Waals surface area contributed by atoms with Crippen LogP contribution in [-0.4, -0.2) is 15.3 Å². The molecule has 88 valence electrons. The van der Waals surface area contributed by atoms with Gasteiger partial charge in [0.25, 0.3) is 5.69 Å². The summed E-state index contributed by atoms with van der Waals surface area (Å²) < 4.78 is 0.595. The number of nitrogens with zero attached hydrogens (tertiary/aromatic N) is 2. The smallest absolute Gasteiger partial charge is 0.258 e. The maximum absolute atomic E-state index is 10.9. The van der Waals surface area contributed by atoms with Crippen LogP contribution in [0.1, 0.15) is 31.9 Å². The molecule has 16 heavy (non-hydrogen) atoms. The van der Waals surface area contributed by atoms with Gasteiger partial charge in [-0.3, -0.25) is 15.1 Å². The van der Waals surface area contributed by atoms with Crippen molar-refractivity contribution in [2.45, 2.75) is 31.6 Å². The van der Waals surface area contributed by atoms with Gasteiger partial charge in [0.05, 0.1) is 4.92 Å². The van der Waals surface area contributed by atoms with Crippen LogP contribution in [0.4, 0.5) is 5.69 Å². The van der Waals surface area contributed by atoms with Gasteiger partial charge in [-0.1, -0.05) is 13.8 Å². The van der Waals surface area contributed by atoms with Gasteiger partial charge in [-0.05, 0) is 22.4 Å². The highest BCUT2D eigenvalue weighted by atomic mass is 79.9. The average molecular weight is 308 g/mol. The maximum atomic E-state index is 10.9. The van der Waals surface area contributed by atoms with Crippen molar-refractivity contribution >= 4 is 33.2 Å². The quantitative estimate of drug-likeness (QED) is 0.482. The summed E-state index contributed by atoms with van der Waals surface area (Å²) in [6, 6.07) is 1.46. The Morgan fingerprint density at radius 1 is 1.69 bits per heavy atom. The van der Waals surface area contributed by atoms with Gasteiger partial charge in [0.15, 0.2) is 0 Å². The molecule has 0 aliphatic rings. The molecule has 0 aliphatic carbocycles. The van der Waals surface area contributed by atoms with Crippen LogP contribution >= 0.6 is 27.5 Å². The third kappa shape index (κ3) is 2.92. The highest BCUT2D eigenvalue weighted by molar-refractivity contribution is 9.10. The molecule has 2 unspecified atom stereocenters. The number of aromatic nitrogens is 1. The van der Waals surface area contributed by atoms with E-state index in [0.717, 1.165) is 6.42 Å². The first-order chi connectivity index (χ1) is 7.47. The van der Waals surface area contributed by atoms with E-state index in [2.05, 4.69) is 20.9 Å². The van der Waals surface area contributed by atoms with Crippen molar-refractivity contribution in [1.29, 1.82) is 0 Å². The minimum atomic E-state index is -0.428. The van der Waals surface area contributed by atoms with Gasteiger partial charge in [-0.25, -0.2) is 0 Å². The summed E-state index contributed by atoms with van der Waals surface area (Å²) in [4.78, 5) is 14.6. The molecule has 0 aliphatic heterocycles. The zero-order valence-electron chi connectivity index (χ0n) is 8.98. The molecule has 1 aromatic rings. The van der Waals surface area contributed by atoms with Gasteiger partial charge < -0.3 is 0 Å². The number of hydrogen-bond donors (Lipinski definition) is 0. The Hall–Kier alpha value is -0.680. The summed E-state index contributed by atoms with van der Waals surface area (Å²) in [6.45, 7) is 3.79. The number of halogens is 2. The molecule has 1 heterocycles. The molecule has 1 aromatic heterocycles. The van der Waals surface area contributed by atoms with Gasteiger partial charge >= 0.3 is 0 Å². The molecule has 0 aromatic carbocycles. The summed E-state index contributed by atoms with van der Waals surface area (Å²) >= 11 is 9.26. The first kappa shape index (κ1) is 13.4. The topological polar surface area (TPSA) is 56.0 Å². The van der Waals surface area contributed by atoms with E-state index in [-0.39, 0.29) is 17.0 Å². The van der Waals surface area contributed by atoms with Crippen LogP contribution in [0.2, 0.25) is 0 Å². The number of alkyl halides is 1. The Bertz CT molecular complexity index is 400. The van der Waals surface area contributed by atoms with Crippen LogP contribution in [0.25, 0.3) is 0 Å². The molecular weight excluding hydrogens is 295 g/mol. The van der Waals surface area contributed by atoms with Crippen LogP contribution in [0.3, 0.4) is 0 Å². The van der Waals surface area contributed by atoms with Gasteiger partial charge in [-0.15, -0.1) is 11.6 Å². The summed E-state index contributed by atoms with van der Waals surface area (Å²) in [7, 11) is 0. The van der Waals surface area contributed by atoms with Crippen LogP contribution < -0.4 is 0 Å². The van der Waals surface area contributed by atoms with Gasteiger partial charge in [0.2, 0.25) is 0 Å². The average Bonchev–Trinajstić information content (AvgIpc) is 2.26. The molecular formula is C10H12BrClN2O2. The third-order valence-electron chi connectivity index (χ3n) is 2.42. The number of hydrogen-bond acceptors (Lipinski definition) is 3. The lowest BCUT2D eigenvalue weighted by Gasteiger charge is -2.15. The molecule has 1 rings (SSSR count). The highest BCUT2D eigenvalue weighted by Crippen LogP contribution is 2.32. The first-order valence-electron chi connectivity index (χ1n) is 4.91. The Labute approximate surface area is 107 Å². The zero-order valence-corrected chi connectivity index (χ0v) is 11.3. The third-order valence-corrected chi connectivity index (χ3v) is 3.54. The van der Waals surface area contributed by atoms with Crippen molar-refractivity contribution in [1.82, 2.24) is 4.98 Å². The minimum absolute atomic E-state index is 0.0148. The van der Waals surface area contributed by atoms with Gasteiger partial charge in [0.1, 0.15) is 5.69 Å². The molecule has 0 radical (unpaired) electrons. The van der Waals surface area contributed by atoms with E-state index in [1.54, 1.807) is 6.20 Å². The molecule has 0 spiro atoms. The minimum Gasteiger partial charge on any atom is -0.258 e. The van der Waals surface area contributed by atoms with Crippen molar-refractivity contribution in [3.05, 3.63) is 32.5 Å². The van der Waals surface area contributed by atoms with Gasteiger partial charge in [0, 0.05) is 28.0 Å². The fourth-order valence-electron chi connectivity index (χ4n) is 1.46. The Morgan fingerprint density at radius 3 is 2.81 bits per heavy atom. The fourth-order valence-corrected chi connectivity index (χ4v) is 1.90. The molecule has 0 amide bonds. The molecule has 4 nitrogen and oxygen atoms in total. The van der Waals surface area contributed by atoms with Crippen molar-refractivity contribution in [2.24, 2.45) is 0 Å². The summed E-state index contributed by atoms with van der Waals surface area (Å²) in [5.74, 6) is -0.139. The molecule has 0 saturated heterocycles. The first-order valence-corrected chi connectivity index (χ1v) is 6.14. The predicted molar refractivity (Wildman–Crippen MR) is 66.9 cm³/mol. The normalized spacial score (nSPS) is 14.5. The second-order valence-corrected chi connectivity index (χ2v) is 5.00.